The van der Waals surface area contributed by atoms with E-state index in [-0.39, 0.29) is 17.8 Å². The fourth-order valence-electron chi connectivity index (χ4n) is 4.03. The smallest absolute Gasteiger partial charge is 0.251 e. The van der Waals surface area contributed by atoms with Crippen LogP contribution in [0.15, 0.2) is 71.3 Å². The summed E-state index contributed by atoms with van der Waals surface area (Å²) in [5, 5.41) is 3.03. The van der Waals surface area contributed by atoms with Gasteiger partial charge in [0.1, 0.15) is 17.3 Å². The second-order valence-electron chi connectivity index (χ2n) is 7.67. The van der Waals surface area contributed by atoms with Crippen molar-refractivity contribution in [3.63, 3.8) is 0 Å². The first-order chi connectivity index (χ1) is 15.7. The zero-order chi connectivity index (χ0) is 22.3. The Morgan fingerprint density at radius 3 is 2.47 bits per heavy atom. The molecular formula is C25H28FN3O3. The van der Waals surface area contributed by atoms with E-state index in [1.807, 2.05) is 31.2 Å². The van der Waals surface area contributed by atoms with Crippen LogP contribution in [0, 0.1) is 5.82 Å². The molecule has 1 aromatic heterocycles. The molecule has 2 heterocycles. The lowest BCUT2D eigenvalue weighted by atomic mass is 10.1. The number of anilines is 1. The summed E-state index contributed by atoms with van der Waals surface area (Å²) in [6, 6.07) is 17.7. The van der Waals surface area contributed by atoms with Crippen molar-refractivity contribution >= 4 is 11.6 Å². The van der Waals surface area contributed by atoms with Gasteiger partial charge in [-0.15, -0.1) is 0 Å². The fraction of sp³-hybridized carbons (Fsp3) is 0.320. The predicted molar refractivity (Wildman–Crippen MR) is 122 cm³/mol. The Morgan fingerprint density at radius 2 is 1.81 bits per heavy atom. The third-order valence-electron chi connectivity index (χ3n) is 5.70. The van der Waals surface area contributed by atoms with Gasteiger partial charge >= 0.3 is 0 Å². The molecule has 1 amide bonds. The molecule has 0 unspecified atom stereocenters. The van der Waals surface area contributed by atoms with Gasteiger partial charge in [0.15, 0.2) is 0 Å². The van der Waals surface area contributed by atoms with E-state index in [1.165, 1.54) is 6.07 Å². The van der Waals surface area contributed by atoms with Crippen LogP contribution in [0.3, 0.4) is 0 Å². The quantitative estimate of drug-likeness (QED) is 0.575. The van der Waals surface area contributed by atoms with E-state index in [9.17, 15) is 9.18 Å². The average Bonchev–Trinajstić information content (AvgIpc) is 3.35. The fourth-order valence-corrected chi connectivity index (χ4v) is 4.03. The highest BCUT2D eigenvalue weighted by molar-refractivity contribution is 5.94. The van der Waals surface area contributed by atoms with Gasteiger partial charge in [-0.3, -0.25) is 9.69 Å². The van der Waals surface area contributed by atoms with Crippen molar-refractivity contribution in [2.24, 2.45) is 0 Å². The maximum absolute atomic E-state index is 14.2. The first-order valence-electron chi connectivity index (χ1n) is 10.9. The zero-order valence-electron chi connectivity index (χ0n) is 18.2. The van der Waals surface area contributed by atoms with E-state index >= 15 is 0 Å². The Labute approximate surface area is 187 Å². The van der Waals surface area contributed by atoms with Crippen molar-refractivity contribution in [1.29, 1.82) is 0 Å². The Morgan fingerprint density at radius 1 is 1.06 bits per heavy atom. The molecule has 0 saturated carbocycles. The lowest BCUT2D eigenvalue weighted by Gasteiger charge is -2.39. The van der Waals surface area contributed by atoms with Crippen molar-refractivity contribution in [2.75, 3.05) is 44.2 Å². The van der Waals surface area contributed by atoms with E-state index in [2.05, 4.69) is 15.1 Å². The van der Waals surface area contributed by atoms with E-state index < -0.39 is 0 Å². The summed E-state index contributed by atoms with van der Waals surface area (Å²) in [5.74, 6) is 1.20. The molecule has 32 heavy (non-hydrogen) atoms. The number of hydrogen-bond donors (Lipinski definition) is 1. The molecule has 3 aromatic rings. The zero-order valence-corrected chi connectivity index (χ0v) is 18.2. The van der Waals surface area contributed by atoms with Crippen molar-refractivity contribution in [1.82, 2.24) is 10.2 Å². The SMILES string of the molecule is CCOc1ccc(C(=O)NC[C@@H](c2ccco2)N2CCN(c3ccccc3F)CC2)cc1. The minimum atomic E-state index is -0.203. The lowest BCUT2D eigenvalue weighted by molar-refractivity contribution is 0.0922. The van der Waals surface area contributed by atoms with Crippen LogP contribution in [-0.4, -0.2) is 50.1 Å². The molecule has 6 nitrogen and oxygen atoms in total. The van der Waals surface area contributed by atoms with E-state index in [1.54, 1.807) is 36.6 Å². The Kier molecular flexibility index (Phi) is 7.07. The van der Waals surface area contributed by atoms with Crippen LogP contribution in [0.2, 0.25) is 0 Å². The molecule has 0 radical (unpaired) electrons. The molecule has 1 aliphatic heterocycles. The Bertz CT molecular complexity index is 1000. The summed E-state index contributed by atoms with van der Waals surface area (Å²) in [6.45, 7) is 5.79. The molecule has 1 atom stereocenters. The van der Waals surface area contributed by atoms with Crippen LogP contribution in [0.1, 0.15) is 29.1 Å². The summed E-state index contributed by atoms with van der Waals surface area (Å²) in [6.07, 6.45) is 1.65. The van der Waals surface area contributed by atoms with Gasteiger partial charge in [-0.05, 0) is 55.5 Å². The normalized spacial score (nSPS) is 15.4. The highest BCUT2D eigenvalue weighted by atomic mass is 19.1. The lowest BCUT2D eigenvalue weighted by Crippen LogP contribution is -2.50. The number of nitrogens with one attached hydrogen (secondary N) is 1. The molecule has 0 aliphatic carbocycles. The molecule has 0 bridgehead atoms. The topological polar surface area (TPSA) is 58.0 Å². The number of piperazine rings is 1. The summed E-state index contributed by atoms with van der Waals surface area (Å²) in [5.41, 5.74) is 1.21. The molecule has 4 rings (SSSR count). The van der Waals surface area contributed by atoms with Gasteiger partial charge in [0, 0.05) is 38.3 Å². The largest absolute Gasteiger partial charge is 0.494 e. The minimum absolute atomic E-state index is 0.0978. The van der Waals surface area contributed by atoms with E-state index in [0.29, 0.717) is 37.5 Å². The second-order valence-corrected chi connectivity index (χ2v) is 7.67. The number of carbonyl (C=O) groups is 1. The molecular weight excluding hydrogens is 409 g/mol. The number of hydrogen-bond acceptors (Lipinski definition) is 5. The standard InChI is InChI=1S/C25H28FN3O3/c1-2-31-20-11-9-19(10-12-20)25(30)27-18-23(24-8-5-17-32-24)29-15-13-28(14-16-29)22-7-4-3-6-21(22)26/h3-12,17,23H,2,13-16,18H2,1H3,(H,27,30)/t23-/m0/s1. The van der Waals surface area contributed by atoms with Crippen molar-refractivity contribution in [2.45, 2.75) is 13.0 Å². The van der Waals surface area contributed by atoms with E-state index in [4.69, 9.17) is 9.15 Å². The number of carbonyl (C=O) groups excluding carboxylic acids is 1. The monoisotopic (exact) mass is 437 g/mol. The first kappa shape index (κ1) is 21.9. The third-order valence-corrected chi connectivity index (χ3v) is 5.70. The number of rotatable bonds is 8. The van der Waals surface area contributed by atoms with Crippen molar-refractivity contribution < 1.29 is 18.3 Å². The van der Waals surface area contributed by atoms with Gasteiger partial charge in [0.2, 0.25) is 0 Å². The summed E-state index contributed by atoms with van der Waals surface area (Å²) in [4.78, 5) is 17.0. The van der Waals surface area contributed by atoms with Crippen LogP contribution < -0.4 is 15.0 Å². The number of halogens is 1. The highest BCUT2D eigenvalue weighted by Gasteiger charge is 2.28. The number of amides is 1. The highest BCUT2D eigenvalue weighted by Crippen LogP contribution is 2.26. The number of para-hydroxylation sites is 1. The van der Waals surface area contributed by atoms with E-state index in [0.717, 1.165) is 24.6 Å². The Hall–Kier alpha value is -3.32. The van der Waals surface area contributed by atoms with Crippen LogP contribution in [0.5, 0.6) is 5.75 Å². The van der Waals surface area contributed by atoms with Gasteiger partial charge < -0.3 is 19.4 Å². The number of furan rings is 1. The van der Waals surface area contributed by atoms with Gasteiger partial charge in [-0.25, -0.2) is 4.39 Å². The maximum atomic E-state index is 14.2. The minimum Gasteiger partial charge on any atom is -0.494 e. The van der Waals surface area contributed by atoms with Gasteiger partial charge in [-0.2, -0.15) is 0 Å². The molecule has 7 heteroatoms. The molecule has 2 aromatic carbocycles. The molecule has 1 saturated heterocycles. The number of ether oxygens (including phenoxy) is 1. The molecule has 168 valence electrons. The van der Waals surface area contributed by atoms with Crippen molar-refractivity contribution in [3.05, 3.63) is 84.1 Å². The van der Waals surface area contributed by atoms with Crippen LogP contribution in [0.4, 0.5) is 10.1 Å². The third kappa shape index (κ3) is 5.11. The number of benzene rings is 2. The average molecular weight is 438 g/mol. The maximum Gasteiger partial charge on any atom is 0.251 e. The molecule has 1 N–H and O–H groups in total. The van der Waals surface area contributed by atoms with Crippen LogP contribution in [0.25, 0.3) is 0 Å². The summed E-state index contributed by atoms with van der Waals surface area (Å²) in [7, 11) is 0. The summed E-state index contributed by atoms with van der Waals surface area (Å²) >= 11 is 0. The van der Waals surface area contributed by atoms with Crippen molar-refractivity contribution in [3.8, 4) is 5.75 Å². The predicted octanol–water partition coefficient (Wildman–Crippen LogP) is 4.11. The van der Waals surface area contributed by atoms with Crippen LogP contribution in [-0.2, 0) is 0 Å². The Balaban J connectivity index is 1.39. The van der Waals surface area contributed by atoms with Gasteiger partial charge in [-0.1, -0.05) is 12.1 Å². The first-order valence-corrected chi connectivity index (χ1v) is 10.9. The summed E-state index contributed by atoms with van der Waals surface area (Å²) < 4.78 is 25.3. The van der Waals surface area contributed by atoms with Gasteiger partial charge in [0.25, 0.3) is 5.91 Å². The number of nitrogens with zero attached hydrogens (tertiary/aromatic N) is 2. The molecule has 0 spiro atoms. The van der Waals surface area contributed by atoms with Crippen LogP contribution >= 0.6 is 0 Å². The molecule has 1 aliphatic rings. The molecule has 1 fully saturated rings. The second kappa shape index (κ2) is 10.3. The van der Waals surface area contributed by atoms with Gasteiger partial charge in [0.05, 0.1) is 24.6 Å².